The van der Waals surface area contributed by atoms with E-state index in [1.54, 1.807) is 0 Å². The molecule has 1 heterocycles. The maximum Gasteiger partial charge on any atom is 0.124 e. The van der Waals surface area contributed by atoms with E-state index in [-0.39, 0.29) is 0 Å². The third kappa shape index (κ3) is 10.5. The van der Waals surface area contributed by atoms with Gasteiger partial charge in [0.15, 0.2) is 0 Å². The maximum absolute atomic E-state index is 9.40. The van der Waals surface area contributed by atoms with E-state index in [1.807, 2.05) is 23.5 Å². The summed E-state index contributed by atoms with van der Waals surface area (Å²) < 4.78 is 1.38. The first kappa shape index (κ1) is 40.0. The molecule has 0 amide bonds. The minimum absolute atomic E-state index is 0.647. The number of hydrogen-bond acceptors (Lipinski definition) is 3. The molecular formula is C50H70N2S. The molecule has 53 heavy (non-hydrogen) atoms. The zero-order valence-electron chi connectivity index (χ0n) is 33.6. The van der Waals surface area contributed by atoms with Gasteiger partial charge in [-0.25, -0.2) is 4.98 Å². The summed E-state index contributed by atoms with van der Waals surface area (Å²) in [7, 11) is 0. The summed E-state index contributed by atoms with van der Waals surface area (Å²) >= 11 is 1.87. The Hall–Kier alpha value is -2.70. The Balaban J connectivity index is 0.00000236. The molecule has 0 N–H and O–H groups in total. The molecular weight excluding hydrogens is 661 g/mol. The Bertz CT molecular complexity index is 1610. The van der Waals surface area contributed by atoms with Crippen LogP contribution in [0.2, 0.25) is 0 Å². The number of nitriles is 1. The van der Waals surface area contributed by atoms with Gasteiger partial charge in [-0.15, -0.1) is 24.5 Å². The molecule has 4 aliphatic carbocycles. The number of benzene rings is 2. The lowest BCUT2D eigenvalue weighted by molar-refractivity contribution is 0.174. The number of allylic oxidation sites excluding steroid dienone is 1. The highest BCUT2D eigenvalue weighted by atomic mass is 32.1. The highest BCUT2D eigenvalue weighted by molar-refractivity contribution is 7.21. The molecule has 7 rings (SSSR count). The molecule has 2 aromatic carbocycles. The molecule has 0 radical (unpaired) electrons. The molecule has 0 bridgehead atoms. The predicted octanol–water partition coefficient (Wildman–Crippen LogP) is 15.1. The van der Waals surface area contributed by atoms with Gasteiger partial charge in [0.25, 0.3) is 0 Å². The lowest BCUT2D eigenvalue weighted by atomic mass is 9.71. The van der Waals surface area contributed by atoms with Gasteiger partial charge in [-0.1, -0.05) is 140 Å². The lowest BCUT2D eigenvalue weighted by Gasteiger charge is -2.35. The molecule has 4 aliphatic rings. The molecule has 0 atom stereocenters. The van der Waals surface area contributed by atoms with Crippen LogP contribution < -0.4 is 0 Å². The Labute approximate surface area is 328 Å². The molecule has 4 fully saturated rings. The van der Waals surface area contributed by atoms with Gasteiger partial charge >= 0.3 is 0 Å². The van der Waals surface area contributed by atoms with Gasteiger partial charge in [-0.3, -0.25) is 0 Å². The predicted molar refractivity (Wildman–Crippen MR) is 229 cm³/mol. The normalized spacial score (nSPS) is 30.1. The van der Waals surface area contributed by atoms with Gasteiger partial charge in [0.05, 0.1) is 21.8 Å². The van der Waals surface area contributed by atoms with Gasteiger partial charge in [0.1, 0.15) is 5.01 Å². The molecule has 3 heteroatoms. The van der Waals surface area contributed by atoms with Crippen LogP contribution >= 0.6 is 11.3 Å². The number of rotatable bonds is 8. The van der Waals surface area contributed by atoms with Crippen molar-refractivity contribution in [1.82, 2.24) is 4.98 Å². The minimum atomic E-state index is 0.647. The first-order valence-electron chi connectivity index (χ1n) is 22.0. The van der Waals surface area contributed by atoms with Gasteiger partial charge < -0.3 is 0 Å². The summed E-state index contributed by atoms with van der Waals surface area (Å²) in [5.74, 6) is 7.25. The Morgan fingerprint density at radius 2 is 1.15 bits per heavy atom. The van der Waals surface area contributed by atoms with Crippen LogP contribution in [-0.4, -0.2) is 4.98 Å². The van der Waals surface area contributed by atoms with Crippen LogP contribution in [0, 0.1) is 58.7 Å². The lowest BCUT2D eigenvalue weighted by Crippen LogP contribution is -2.23. The van der Waals surface area contributed by atoms with Crippen molar-refractivity contribution in [2.45, 2.75) is 155 Å². The fourth-order valence-electron chi connectivity index (χ4n) is 11.2. The largest absolute Gasteiger partial charge is 0.236 e. The van der Waals surface area contributed by atoms with Crippen LogP contribution in [0.3, 0.4) is 0 Å². The van der Waals surface area contributed by atoms with Crippen molar-refractivity contribution in [3.05, 3.63) is 78.4 Å². The second kappa shape index (κ2) is 19.8. The summed E-state index contributed by atoms with van der Waals surface area (Å²) in [6.45, 7) is 15.7. The number of aromatic nitrogens is 1. The standard InChI is InChI=1S/C48H66N2S.C2H4/c1-33-16-22-41(23-17-33)39-12-4-8-36(9-5-13-39)31-44-28-29-45(47-46(44)50-48(51-47)43-26-20-37(32-49)21-27-43)30-35(3)38-10-6-14-40(15-7-11-38)42-24-18-34(2)19-25-42;1-2/h20-21,26-29,33-34,36,38-42H,3-19,22-25,30-31H2,1-2H3;1-2H2. The summed E-state index contributed by atoms with van der Waals surface area (Å²) in [6, 6.07) is 15.2. The minimum Gasteiger partial charge on any atom is -0.236 e. The highest BCUT2D eigenvalue weighted by Crippen LogP contribution is 2.43. The van der Waals surface area contributed by atoms with Gasteiger partial charge in [-0.2, -0.15) is 5.26 Å². The van der Waals surface area contributed by atoms with Crippen molar-refractivity contribution in [1.29, 1.82) is 5.26 Å². The van der Waals surface area contributed by atoms with Crippen molar-refractivity contribution in [3.8, 4) is 16.6 Å². The molecule has 1 aromatic heterocycles. The van der Waals surface area contributed by atoms with Gasteiger partial charge in [-0.05, 0) is 122 Å². The monoisotopic (exact) mass is 731 g/mol. The summed E-state index contributed by atoms with van der Waals surface area (Å²) in [5.41, 5.74) is 7.40. The maximum atomic E-state index is 9.40. The summed E-state index contributed by atoms with van der Waals surface area (Å²) in [6.07, 6.45) is 30.6. The van der Waals surface area contributed by atoms with E-state index in [0.29, 0.717) is 11.5 Å². The summed E-state index contributed by atoms with van der Waals surface area (Å²) in [5, 5.41) is 10.5. The quantitative estimate of drug-likeness (QED) is 0.216. The number of hydrogen-bond donors (Lipinski definition) is 0. The smallest absolute Gasteiger partial charge is 0.124 e. The highest BCUT2D eigenvalue weighted by Gasteiger charge is 2.30. The topological polar surface area (TPSA) is 36.7 Å². The van der Waals surface area contributed by atoms with E-state index in [2.05, 4.69) is 57.3 Å². The van der Waals surface area contributed by atoms with Crippen molar-refractivity contribution in [2.24, 2.45) is 47.3 Å². The average Bonchev–Trinajstić information content (AvgIpc) is 3.62. The second-order valence-corrected chi connectivity index (χ2v) is 19.2. The zero-order valence-corrected chi connectivity index (χ0v) is 34.4. The Morgan fingerprint density at radius 3 is 1.68 bits per heavy atom. The first-order valence-corrected chi connectivity index (χ1v) is 22.8. The second-order valence-electron chi connectivity index (χ2n) is 18.2. The van der Waals surface area contributed by atoms with Crippen LogP contribution in [0.4, 0.5) is 0 Å². The molecule has 2 nitrogen and oxygen atoms in total. The fraction of sp³-hybridized carbons (Fsp3) is 0.640. The van der Waals surface area contributed by atoms with E-state index in [9.17, 15) is 5.26 Å². The molecule has 0 unspecified atom stereocenters. The van der Waals surface area contributed by atoms with E-state index in [4.69, 9.17) is 11.6 Å². The molecule has 0 saturated heterocycles. The van der Waals surface area contributed by atoms with E-state index >= 15 is 0 Å². The van der Waals surface area contributed by atoms with Crippen molar-refractivity contribution >= 4 is 21.6 Å². The number of nitrogens with zero attached hydrogens (tertiary/aromatic N) is 2. The van der Waals surface area contributed by atoms with Crippen molar-refractivity contribution < 1.29 is 0 Å². The molecule has 0 spiro atoms. The Morgan fingerprint density at radius 1 is 0.660 bits per heavy atom. The van der Waals surface area contributed by atoms with Crippen LogP contribution in [0.15, 0.2) is 61.7 Å². The number of thiazole rings is 1. The van der Waals surface area contributed by atoms with Crippen molar-refractivity contribution in [3.63, 3.8) is 0 Å². The summed E-state index contributed by atoms with van der Waals surface area (Å²) in [4.78, 5) is 5.40. The third-order valence-corrected chi connectivity index (χ3v) is 15.7. The fourth-order valence-corrected chi connectivity index (χ4v) is 12.3. The van der Waals surface area contributed by atoms with Crippen LogP contribution in [-0.2, 0) is 12.8 Å². The zero-order chi connectivity index (χ0) is 37.2. The van der Waals surface area contributed by atoms with E-state index in [0.717, 1.165) is 64.8 Å². The third-order valence-electron chi connectivity index (χ3n) is 14.6. The number of fused-ring (bicyclic) bond motifs is 1. The van der Waals surface area contributed by atoms with E-state index in [1.165, 1.54) is 155 Å². The first-order chi connectivity index (χ1) is 25.9. The molecule has 4 saturated carbocycles. The average molecular weight is 731 g/mol. The SMILES string of the molecule is C=C.C=C(Cc1ccc(CC2CCCC(C3CCC(C)CC3)CCC2)c2nc(-c3ccc(C#N)cc3)sc12)C1CCCC(C2CCC(C)CC2)CCC1. The van der Waals surface area contributed by atoms with E-state index < -0.39 is 0 Å². The van der Waals surface area contributed by atoms with Crippen LogP contribution in [0.5, 0.6) is 0 Å². The van der Waals surface area contributed by atoms with Crippen LogP contribution in [0.25, 0.3) is 20.8 Å². The van der Waals surface area contributed by atoms with Gasteiger partial charge in [0, 0.05) is 5.56 Å². The van der Waals surface area contributed by atoms with Crippen molar-refractivity contribution in [2.75, 3.05) is 0 Å². The van der Waals surface area contributed by atoms with Crippen LogP contribution in [0.1, 0.15) is 159 Å². The van der Waals surface area contributed by atoms with Gasteiger partial charge in [0.2, 0.25) is 0 Å². The molecule has 0 aliphatic heterocycles. The Kier molecular flexibility index (Phi) is 14.9. The molecule has 3 aromatic rings. The molecule has 286 valence electrons.